The molecule has 3 aromatic heterocycles. The monoisotopic (exact) mass is 384 g/mol. The van der Waals surface area contributed by atoms with Crippen LogP contribution in [0, 0.1) is 0 Å². The van der Waals surface area contributed by atoms with Gasteiger partial charge in [0.2, 0.25) is 0 Å². The number of halogens is 3. The lowest BCUT2D eigenvalue weighted by molar-refractivity contribution is -0.137. The minimum Gasteiger partial charge on any atom is -0.319 e. The summed E-state index contributed by atoms with van der Waals surface area (Å²) in [6.07, 6.45) is 0.413. The molecular formula is C18H11F3N6O. The Labute approximate surface area is 155 Å². The molecule has 1 amide bonds. The van der Waals surface area contributed by atoms with E-state index in [1.807, 2.05) is 0 Å². The maximum Gasteiger partial charge on any atom is 0.417 e. The summed E-state index contributed by atoms with van der Waals surface area (Å²) in [7, 11) is 0. The maximum atomic E-state index is 12.9. The fourth-order valence-corrected chi connectivity index (χ4v) is 2.67. The average Bonchev–Trinajstić information content (AvgIpc) is 3.11. The fraction of sp³-hybridized carbons (Fsp3) is 0.0556. The number of aromatic amines is 1. The Bertz CT molecular complexity index is 1160. The van der Waals surface area contributed by atoms with Gasteiger partial charge >= 0.3 is 6.18 Å². The Kier molecular flexibility index (Phi) is 4.22. The van der Waals surface area contributed by atoms with Gasteiger partial charge in [0, 0.05) is 23.3 Å². The molecule has 7 nitrogen and oxygen atoms in total. The summed E-state index contributed by atoms with van der Waals surface area (Å²) in [4.78, 5) is 16.2. The number of benzene rings is 1. The maximum absolute atomic E-state index is 12.9. The van der Waals surface area contributed by atoms with Gasteiger partial charge in [-0.15, -0.1) is 0 Å². The lowest BCUT2D eigenvalue weighted by atomic mass is 10.0. The average molecular weight is 384 g/mol. The largest absolute Gasteiger partial charge is 0.417 e. The smallest absolute Gasteiger partial charge is 0.319 e. The second kappa shape index (κ2) is 6.72. The number of nitrogens with one attached hydrogen (secondary N) is 2. The number of hydrogen-bond acceptors (Lipinski definition) is 5. The molecule has 0 spiro atoms. The number of carbonyl (C=O) groups is 1. The number of anilines is 1. The molecule has 0 radical (unpaired) electrons. The molecule has 140 valence electrons. The van der Waals surface area contributed by atoms with Crippen LogP contribution in [0.3, 0.4) is 0 Å². The van der Waals surface area contributed by atoms with Crippen molar-refractivity contribution in [1.82, 2.24) is 25.4 Å². The molecule has 0 saturated carbocycles. The third kappa shape index (κ3) is 3.39. The molecule has 0 aliphatic heterocycles. The first kappa shape index (κ1) is 17.6. The first-order valence-corrected chi connectivity index (χ1v) is 8.00. The zero-order valence-corrected chi connectivity index (χ0v) is 14.0. The number of H-pyrrole nitrogens is 1. The van der Waals surface area contributed by atoms with E-state index in [-0.39, 0.29) is 11.3 Å². The van der Waals surface area contributed by atoms with Gasteiger partial charge in [-0.2, -0.15) is 28.5 Å². The molecule has 0 atom stereocenters. The van der Waals surface area contributed by atoms with Crippen molar-refractivity contribution in [3.8, 4) is 11.1 Å². The number of carbonyl (C=O) groups excluding carboxylic acids is 1. The van der Waals surface area contributed by atoms with Crippen molar-refractivity contribution in [2.24, 2.45) is 0 Å². The number of pyridine rings is 1. The third-order valence-electron chi connectivity index (χ3n) is 4.02. The molecule has 0 aliphatic carbocycles. The van der Waals surface area contributed by atoms with E-state index in [0.29, 0.717) is 22.2 Å². The predicted molar refractivity (Wildman–Crippen MR) is 94.3 cm³/mol. The van der Waals surface area contributed by atoms with Gasteiger partial charge in [-0.3, -0.25) is 14.9 Å². The van der Waals surface area contributed by atoms with Gasteiger partial charge < -0.3 is 5.32 Å². The summed E-state index contributed by atoms with van der Waals surface area (Å²) in [5.74, 6) is -0.487. The van der Waals surface area contributed by atoms with E-state index in [0.717, 1.165) is 12.3 Å². The highest BCUT2D eigenvalue weighted by atomic mass is 19.4. The van der Waals surface area contributed by atoms with Crippen molar-refractivity contribution in [2.75, 3.05) is 5.32 Å². The van der Waals surface area contributed by atoms with Crippen molar-refractivity contribution in [1.29, 1.82) is 0 Å². The normalized spacial score (nSPS) is 11.5. The van der Waals surface area contributed by atoms with E-state index in [4.69, 9.17) is 0 Å². The molecule has 3 heterocycles. The SMILES string of the molecule is O=C(Nc1ccnnc1)c1n[nH]c2ccc(-c3cncc(C(F)(F)F)c3)cc12. The molecule has 0 fully saturated rings. The van der Waals surface area contributed by atoms with Crippen LogP contribution >= 0.6 is 0 Å². The highest BCUT2D eigenvalue weighted by molar-refractivity contribution is 6.11. The molecule has 0 aliphatic rings. The summed E-state index contributed by atoms with van der Waals surface area (Å²) in [6.45, 7) is 0. The van der Waals surface area contributed by atoms with Crippen molar-refractivity contribution in [3.05, 3.63) is 66.4 Å². The third-order valence-corrected chi connectivity index (χ3v) is 4.02. The van der Waals surface area contributed by atoms with Crippen LogP contribution in [-0.2, 0) is 6.18 Å². The summed E-state index contributed by atoms with van der Waals surface area (Å²) in [5, 5.41) is 17.2. The number of aromatic nitrogens is 5. The molecule has 0 saturated heterocycles. The van der Waals surface area contributed by atoms with Crippen molar-refractivity contribution >= 4 is 22.5 Å². The summed E-state index contributed by atoms with van der Waals surface area (Å²) in [5.41, 5.74) is 1.03. The van der Waals surface area contributed by atoms with Crippen LogP contribution < -0.4 is 5.32 Å². The van der Waals surface area contributed by atoms with Gasteiger partial charge in [-0.25, -0.2) is 0 Å². The molecule has 10 heteroatoms. The van der Waals surface area contributed by atoms with Gasteiger partial charge in [-0.05, 0) is 29.8 Å². The Balaban J connectivity index is 1.72. The van der Waals surface area contributed by atoms with E-state index >= 15 is 0 Å². The molecule has 1 aromatic carbocycles. The lowest BCUT2D eigenvalue weighted by Gasteiger charge is -2.08. The van der Waals surface area contributed by atoms with Crippen LogP contribution in [0.5, 0.6) is 0 Å². The van der Waals surface area contributed by atoms with Gasteiger partial charge in [0.25, 0.3) is 5.91 Å². The van der Waals surface area contributed by atoms with Crippen LogP contribution in [0.25, 0.3) is 22.0 Å². The topological polar surface area (TPSA) is 96.5 Å². The molecule has 28 heavy (non-hydrogen) atoms. The minimum absolute atomic E-state index is 0.105. The van der Waals surface area contributed by atoms with Crippen molar-refractivity contribution in [2.45, 2.75) is 6.18 Å². The van der Waals surface area contributed by atoms with E-state index in [9.17, 15) is 18.0 Å². The van der Waals surface area contributed by atoms with Gasteiger partial charge in [-0.1, -0.05) is 6.07 Å². The summed E-state index contributed by atoms with van der Waals surface area (Å²) >= 11 is 0. The molecule has 4 aromatic rings. The zero-order valence-electron chi connectivity index (χ0n) is 14.0. The van der Waals surface area contributed by atoms with Crippen LogP contribution in [0.4, 0.5) is 18.9 Å². The van der Waals surface area contributed by atoms with Gasteiger partial charge in [0.05, 0.1) is 29.2 Å². The molecule has 2 N–H and O–H groups in total. The summed E-state index contributed by atoms with van der Waals surface area (Å²) < 4.78 is 38.8. The molecule has 0 unspecified atom stereocenters. The minimum atomic E-state index is -4.49. The number of rotatable bonds is 3. The Morgan fingerprint density at radius 2 is 1.86 bits per heavy atom. The lowest BCUT2D eigenvalue weighted by Crippen LogP contribution is -2.13. The highest BCUT2D eigenvalue weighted by Crippen LogP contribution is 2.32. The molecular weight excluding hydrogens is 373 g/mol. The van der Waals surface area contributed by atoms with Crippen LogP contribution in [0.15, 0.2) is 55.1 Å². The van der Waals surface area contributed by atoms with E-state index < -0.39 is 17.6 Å². The standard InChI is InChI=1S/C18H11F3N6O/c19-18(20,21)12-5-11(7-22-8-12)10-1-2-15-14(6-10)16(27-26-15)17(28)25-13-3-4-23-24-9-13/h1-9H,(H,26,27)(H,23,25,28). The van der Waals surface area contributed by atoms with Crippen molar-refractivity contribution < 1.29 is 18.0 Å². The number of amides is 1. The first-order valence-electron chi connectivity index (χ1n) is 8.00. The second-order valence-electron chi connectivity index (χ2n) is 5.88. The predicted octanol–water partition coefficient (Wildman–Crippen LogP) is 3.69. The van der Waals surface area contributed by atoms with E-state index in [1.54, 1.807) is 24.3 Å². The van der Waals surface area contributed by atoms with Crippen LogP contribution in [0.2, 0.25) is 0 Å². The quantitative estimate of drug-likeness (QED) is 0.562. The van der Waals surface area contributed by atoms with Crippen molar-refractivity contribution in [3.63, 3.8) is 0 Å². The van der Waals surface area contributed by atoms with Crippen LogP contribution in [0.1, 0.15) is 16.1 Å². The molecule has 0 bridgehead atoms. The Morgan fingerprint density at radius 3 is 2.61 bits per heavy atom. The number of nitrogens with zero attached hydrogens (tertiary/aromatic N) is 4. The highest BCUT2D eigenvalue weighted by Gasteiger charge is 2.31. The van der Waals surface area contributed by atoms with E-state index in [1.165, 1.54) is 18.6 Å². The first-order chi connectivity index (χ1) is 13.4. The van der Waals surface area contributed by atoms with Gasteiger partial charge in [0.1, 0.15) is 0 Å². The Morgan fingerprint density at radius 1 is 1.00 bits per heavy atom. The number of hydrogen-bond donors (Lipinski definition) is 2. The Hall–Kier alpha value is -3.82. The van der Waals surface area contributed by atoms with Crippen LogP contribution in [-0.4, -0.2) is 31.3 Å². The zero-order chi connectivity index (χ0) is 19.7. The fourth-order valence-electron chi connectivity index (χ4n) is 2.67. The van der Waals surface area contributed by atoms with E-state index in [2.05, 4.69) is 30.7 Å². The second-order valence-corrected chi connectivity index (χ2v) is 5.88. The number of fused-ring (bicyclic) bond motifs is 1. The molecule has 4 rings (SSSR count). The summed E-state index contributed by atoms with van der Waals surface area (Å²) in [6, 6.07) is 7.45. The number of alkyl halides is 3. The van der Waals surface area contributed by atoms with Gasteiger partial charge in [0.15, 0.2) is 5.69 Å².